The predicted octanol–water partition coefficient (Wildman–Crippen LogP) is 2.57. The number of H-pyrrole nitrogens is 1. The van der Waals surface area contributed by atoms with Gasteiger partial charge in [0, 0.05) is 18.2 Å². The minimum absolute atomic E-state index is 0.388. The molecule has 5 heteroatoms. The van der Waals surface area contributed by atoms with Crippen molar-refractivity contribution in [2.45, 2.75) is 25.8 Å². The molecule has 5 nitrogen and oxygen atoms in total. The molecule has 4 rings (SSSR count). The van der Waals surface area contributed by atoms with E-state index < -0.39 is 0 Å². The molecular weight excluding hydrogens is 240 g/mol. The Morgan fingerprint density at radius 3 is 3.26 bits per heavy atom. The molecule has 0 spiro atoms. The van der Waals surface area contributed by atoms with E-state index in [0.29, 0.717) is 6.04 Å². The summed E-state index contributed by atoms with van der Waals surface area (Å²) in [7, 11) is 0. The Balaban J connectivity index is 2.01. The zero-order chi connectivity index (χ0) is 12.8. The fourth-order valence-corrected chi connectivity index (χ4v) is 3.08. The van der Waals surface area contributed by atoms with Crippen LogP contribution in [0.2, 0.25) is 0 Å². The average molecular weight is 256 g/mol. The molecule has 1 fully saturated rings. The summed E-state index contributed by atoms with van der Waals surface area (Å²) in [6.45, 7) is 3.72. The lowest BCUT2D eigenvalue weighted by atomic mass is 10.1. The van der Waals surface area contributed by atoms with Gasteiger partial charge in [-0.2, -0.15) is 0 Å². The average Bonchev–Trinajstić information content (AvgIpc) is 3.02. The molecule has 0 amide bonds. The second-order valence-corrected chi connectivity index (χ2v) is 5.13. The van der Waals surface area contributed by atoms with E-state index in [1.807, 2.05) is 12.4 Å². The fraction of sp³-hybridized carbons (Fsp3) is 0.429. The number of hydrogen-bond acceptors (Lipinski definition) is 3. The monoisotopic (exact) mass is 256 g/mol. The van der Waals surface area contributed by atoms with Crippen molar-refractivity contribution in [3.05, 3.63) is 24.3 Å². The lowest BCUT2D eigenvalue weighted by Crippen LogP contribution is -2.22. The highest BCUT2D eigenvalue weighted by atomic mass is 16.5. The van der Waals surface area contributed by atoms with Crippen LogP contribution < -0.4 is 0 Å². The van der Waals surface area contributed by atoms with Gasteiger partial charge in [-0.3, -0.25) is 0 Å². The Kier molecular flexibility index (Phi) is 2.35. The number of aryl methyl sites for hydroxylation is 1. The molecule has 98 valence electrons. The van der Waals surface area contributed by atoms with Crippen LogP contribution in [0.4, 0.5) is 0 Å². The summed E-state index contributed by atoms with van der Waals surface area (Å²) in [4.78, 5) is 12.2. The number of ether oxygens (including phenoxy) is 1. The van der Waals surface area contributed by atoms with E-state index in [1.165, 1.54) is 5.52 Å². The highest BCUT2D eigenvalue weighted by molar-refractivity contribution is 6.01. The minimum Gasteiger partial charge on any atom is -0.379 e. The van der Waals surface area contributed by atoms with Crippen LogP contribution in [0.5, 0.6) is 0 Å². The van der Waals surface area contributed by atoms with Crippen molar-refractivity contribution >= 4 is 22.1 Å². The van der Waals surface area contributed by atoms with E-state index in [0.717, 1.165) is 48.4 Å². The summed E-state index contributed by atoms with van der Waals surface area (Å²) in [6.07, 6.45) is 6.05. The van der Waals surface area contributed by atoms with Crippen molar-refractivity contribution in [1.29, 1.82) is 0 Å². The van der Waals surface area contributed by atoms with Gasteiger partial charge >= 0.3 is 0 Å². The first-order valence-corrected chi connectivity index (χ1v) is 6.73. The molecule has 1 unspecified atom stereocenters. The second-order valence-electron chi connectivity index (χ2n) is 5.13. The Morgan fingerprint density at radius 2 is 2.42 bits per heavy atom. The lowest BCUT2D eigenvalue weighted by Gasteiger charge is -2.25. The molecule has 3 aromatic rings. The van der Waals surface area contributed by atoms with Crippen LogP contribution in [-0.4, -0.2) is 32.7 Å². The number of rotatable bonds is 1. The van der Waals surface area contributed by atoms with Crippen LogP contribution in [0.15, 0.2) is 18.5 Å². The summed E-state index contributed by atoms with van der Waals surface area (Å²) in [5, 5.41) is 1.14. The summed E-state index contributed by atoms with van der Waals surface area (Å²) < 4.78 is 7.96. The molecule has 0 bridgehead atoms. The zero-order valence-electron chi connectivity index (χ0n) is 10.9. The van der Waals surface area contributed by atoms with Crippen molar-refractivity contribution in [3.63, 3.8) is 0 Å². The molecular formula is C14H16N4O. The predicted molar refractivity (Wildman–Crippen MR) is 73.2 cm³/mol. The maximum Gasteiger partial charge on any atom is 0.139 e. The number of hydrogen-bond donors (Lipinski definition) is 1. The van der Waals surface area contributed by atoms with Crippen LogP contribution in [0.3, 0.4) is 0 Å². The van der Waals surface area contributed by atoms with Gasteiger partial charge in [-0.05, 0) is 25.8 Å². The normalized spacial score (nSPS) is 20.4. The van der Waals surface area contributed by atoms with E-state index in [1.54, 1.807) is 0 Å². The minimum atomic E-state index is 0.388. The highest BCUT2D eigenvalue weighted by Gasteiger charge is 2.21. The van der Waals surface area contributed by atoms with Gasteiger partial charge in [0.2, 0.25) is 0 Å². The van der Waals surface area contributed by atoms with Gasteiger partial charge in [-0.15, -0.1) is 0 Å². The highest BCUT2D eigenvalue weighted by Crippen LogP contribution is 2.30. The number of pyridine rings is 1. The van der Waals surface area contributed by atoms with E-state index >= 15 is 0 Å². The van der Waals surface area contributed by atoms with Crippen LogP contribution in [0.25, 0.3) is 22.1 Å². The summed E-state index contributed by atoms with van der Waals surface area (Å²) in [6, 6.07) is 2.46. The third kappa shape index (κ3) is 1.58. The molecule has 3 aromatic heterocycles. The van der Waals surface area contributed by atoms with E-state index in [4.69, 9.17) is 4.74 Å². The molecule has 1 N–H and O–H groups in total. The van der Waals surface area contributed by atoms with Crippen molar-refractivity contribution in [3.8, 4) is 0 Å². The molecule has 0 radical (unpaired) electrons. The zero-order valence-corrected chi connectivity index (χ0v) is 10.9. The molecule has 19 heavy (non-hydrogen) atoms. The van der Waals surface area contributed by atoms with Gasteiger partial charge in [-0.25, -0.2) is 9.97 Å². The summed E-state index contributed by atoms with van der Waals surface area (Å²) >= 11 is 0. The Morgan fingerprint density at radius 1 is 1.47 bits per heavy atom. The van der Waals surface area contributed by atoms with Gasteiger partial charge in [0.05, 0.1) is 24.4 Å². The maximum absolute atomic E-state index is 5.63. The summed E-state index contributed by atoms with van der Waals surface area (Å²) in [5.74, 6) is 1.04. The lowest BCUT2D eigenvalue weighted by molar-refractivity contribution is 0.0599. The smallest absolute Gasteiger partial charge is 0.139 e. The van der Waals surface area contributed by atoms with Gasteiger partial charge < -0.3 is 14.3 Å². The molecule has 0 saturated carbocycles. The maximum atomic E-state index is 5.63. The van der Waals surface area contributed by atoms with E-state index in [2.05, 4.69) is 32.5 Å². The number of aromatic amines is 1. The quantitative estimate of drug-likeness (QED) is 0.728. The van der Waals surface area contributed by atoms with Crippen molar-refractivity contribution in [2.24, 2.45) is 0 Å². The first kappa shape index (κ1) is 11.0. The number of imidazole rings is 1. The van der Waals surface area contributed by atoms with Crippen LogP contribution in [0.1, 0.15) is 24.7 Å². The third-order valence-electron chi connectivity index (χ3n) is 3.91. The van der Waals surface area contributed by atoms with Crippen molar-refractivity contribution in [2.75, 3.05) is 13.2 Å². The Bertz CT molecular complexity index is 736. The molecule has 1 saturated heterocycles. The van der Waals surface area contributed by atoms with Crippen molar-refractivity contribution in [1.82, 2.24) is 19.5 Å². The van der Waals surface area contributed by atoms with Crippen LogP contribution >= 0.6 is 0 Å². The van der Waals surface area contributed by atoms with Crippen LogP contribution in [-0.2, 0) is 4.74 Å². The third-order valence-corrected chi connectivity index (χ3v) is 3.91. The first-order valence-electron chi connectivity index (χ1n) is 6.73. The second kappa shape index (κ2) is 4.06. The molecule has 0 aromatic carbocycles. The number of nitrogens with zero attached hydrogens (tertiary/aromatic N) is 3. The largest absolute Gasteiger partial charge is 0.379 e. The molecule has 0 aliphatic carbocycles. The topological polar surface area (TPSA) is 55.7 Å². The fourth-order valence-electron chi connectivity index (χ4n) is 3.08. The Labute approximate surface area is 110 Å². The van der Waals surface area contributed by atoms with Gasteiger partial charge in [0.15, 0.2) is 0 Å². The SMILES string of the molecule is Cc1nc2cnc3[nH]ccc3c2n1C1CCCOC1. The van der Waals surface area contributed by atoms with Gasteiger partial charge in [-0.1, -0.05) is 0 Å². The number of fused-ring (bicyclic) bond motifs is 3. The standard InChI is InChI=1S/C14H16N4O/c1-9-17-12-7-16-14-11(4-5-15-14)13(12)18(9)10-3-2-6-19-8-10/h4-5,7,10H,2-3,6,8H2,1H3,(H,15,16). The van der Waals surface area contributed by atoms with E-state index in [9.17, 15) is 0 Å². The molecule has 1 aliphatic heterocycles. The Hall–Kier alpha value is -1.88. The first-order chi connectivity index (χ1) is 9.34. The molecule has 4 heterocycles. The van der Waals surface area contributed by atoms with Crippen LogP contribution in [0, 0.1) is 6.92 Å². The van der Waals surface area contributed by atoms with Gasteiger partial charge in [0.1, 0.15) is 17.0 Å². The van der Waals surface area contributed by atoms with Gasteiger partial charge in [0.25, 0.3) is 0 Å². The number of aromatic nitrogens is 4. The molecule has 1 aliphatic rings. The van der Waals surface area contributed by atoms with Crippen molar-refractivity contribution < 1.29 is 4.74 Å². The summed E-state index contributed by atoms with van der Waals surface area (Å²) in [5.41, 5.74) is 3.07. The van der Waals surface area contributed by atoms with E-state index in [-0.39, 0.29) is 0 Å². The molecule has 1 atom stereocenters. The number of nitrogens with one attached hydrogen (secondary N) is 1.